The van der Waals surface area contributed by atoms with Gasteiger partial charge in [-0.15, -0.1) is 0 Å². The third-order valence-electron chi connectivity index (χ3n) is 2.24. The van der Waals surface area contributed by atoms with Gasteiger partial charge in [0.15, 0.2) is 10.2 Å². The minimum Gasteiger partial charge on any atom is -0.444 e. The molecule has 124 valence electrons. The first-order valence-corrected chi connectivity index (χ1v) is 8.34. The number of thioether (sulfide) groups is 1. The molecule has 1 aromatic heterocycles. The molecule has 0 saturated heterocycles. The molecule has 0 bridgehead atoms. The second kappa shape index (κ2) is 7.91. The lowest BCUT2D eigenvalue weighted by molar-refractivity contribution is -0.109. The molecule has 1 heterocycles. The van der Waals surface area contributed by atoms with Crippen LogP contribution in [0.25, 0.3) is 0 Å². The molecular weight excluding hydrogens is 328 g/mol. The van der Waals surface area contributed by atoms with Gasteiger partial charge in [0.2, 0.25) is 0 Å². The highest BCUT2D eigenvalue weighted by Gasteiger charge is 2.23. The van der Waals surface area contributed by atoms with Crippen LogP contribution in [0.4, 0.5) is 9.93 Å². The largest absolute Gasteiger partial charge is 0.444 e. The Kier molecular flexibility index (Phi) is 6.79. The number of carbonyl (C=O) groups is 2. The third kappa shape index (κ3) is 6.73. The number of hydrogen-bond donors (Lipinski definition) is 3. The zero-order valence-corrected chi connectivity index (χ0v) is 14.5. The number of aromatic nitrogens is 1. The van der Waals surface area contributed by atoms with Crippen LogP contribution in [0.1, 0.15) is 38.7 Å². The quantitative estimate of drug-likeness (QED) is 0.748. The Morgan fingerprint density at radius 1 is 1.45 bits per heavy atom. The Morgan fingerprint density at radius 3 is 2.64 bits per heavy atom. The Bertz CT molecular complexity index is 527. The number of thiazole rings is 1. The minimum absolute atomic E-state index is 0.0865. The predicted octanol–water partition coefficient (Wildman–Crippen LogP) is 2.16. The SMILES string of the molecule is CC(=O)SCC(O)C(O)c1cnc(NC(=O)OC(C)(C)C)s1. The maximum atomic E-state index is 11.6. The molecule has 0 aliphatic heterocycles. The summed E-state index contributed by atoms with van der Waals surface area (Å²) in [7, 11) is 0. The summed E-state index contributed by atoms with van der Waals surface area (Å²) in [6.07, 6.45) is -1.54. The number of rotatable bonds is 5. The van der Waals surface area contributed by atoms with Gasteiger partial charge in [0.1, 0.15) is 11.7 Å². The lowest BCUT2D eigenvalue weighted by Crippen LogP contribution is -2.27. The maximum Gasteiger partial charge on any atom is 0.413 e. The van der Waals surface area contributed by atoms with Crippen LogP contribution in [0.3, 0.4) is 0 Å². The second-order valence-electron chi connectivity index (χ2n) is 5.51. The highest BCUT2D eigenvalue weighted by atomic mass is 32.2. The average molecular weight is 348 g/mol. The lowest BCUT2D eigenvalue weighted by Gasteiger charge is -2.19. The normalized spacial score (nSPS) is 14.3. The smallest absolute Gasteiger partial charge is 0.413 e. The van der Waals surface area contributed by atoms with Crippen LogP contribution in [0.2, 0.25) is 0 Å². The van der Waals surface area contributed by atoms with Gasteiger partial charge >= 0.3 is 6.09 Å². The molecule has 0 aliphatic carbocycles. The van der Waals surface area contributed by atoms with Crippen molar-refractivity contribution in [2.45, 2.75) is 45.5 Å². The van der Waals surface area contributed by atoms with E-state index < -0.39 is 23.9 Å². The molecule has 1 rings (SSSR count). The minimum atomic E-state index is -1.17. The van der Waals surface area contributed by atoms with Crippen molar-refractivity contribution in [3.63, 3.8) is 0 Å². The Morgan fingerprint density at radius 2 is 2.09 bits per heavy atom. The molecule has 0 radical (unpaired) electrons. The van der Waals surface area contributed by atoms with Crippen molar-refractivity contribution < 1.29 is 24.5 Å². The summed E-state index contributed by atoms with van der Waals surface area (Å²) < 4.78 is 5.09. The molecule has 0 spiro atoms. The van der Waals surface area contributed by atoms with Gasteiger partial charge in [-0.1, -0.05) is 23.1 Å². The number of nitrogens with one attached hydrogen (secondary N) is 1. The Hall–Kier alpha value is -1.16. The highest BCUT2D eigenvalue weighted by molar-refractivity contribution is 8.13. The summed E-state index contributed by atoms with van der Waals surface area (Å²) in [6, 6.07) is 0. The van der Waals surface area contributed by atoms with E-state index in [1.165, 1.54) is 13.1 Å². The number of hydrogen-bond acceptors (Lipinski definition) is 8. The van der Waals surface area contributed by atoms with Gasteiger partial charge in [-0.25, -0.2) is 9.78 Å². The van der Waals surface area contributed by atoms with Crippen LogP contribution in [-0.4, -0.2) is 43.9 Å². The van der Waals surface area contributed by atoms with Crippen LogP contribution in [0.5, 0.6) is 0 Å². The molecule has 0 aromatic carbocycles. The van der Waals surface area contributed by atoms with E-state index in [2.05, 4.69) is 10.3 Å². The number of aliphatic hydroxyl groups is 2. The van der Waals surface area contributed by atoms with E-state index in [4.69, 9.17) is 4.74 Å². The molecule has 1 amide bonds. The summed E-state index contributed by atoms with van der Waals surface area (Å²) in [5.74, 6) is 0.0865. The topological polar surface area (TPSA) is 109 Å². The van der Waals surface area contributed by atoms with E-state index >= 15 is 0 Å². The summed E-state index contributed by atoms with van der Waals surface area (Å²) in [5, 5.41) is 22.4. The summed E-state index contributed by atoms with van der Waals surface area (Å²) in [6.45, 7) is 6.62. The van der Waals surface area contributed by atoms with Crippen molar-refractivity contribution in [2.75, 3.05) is 11.1 Å². The zero-order valence-electron chi connectivity index (χ0n) is 12.8. The second-order valence-corrected chi connectivity index (χ2v) is 7.77. The molecule has 1 aromatic rings. The standard InChI is InChI=1S/C13H20N2O5S2/c1-7(16)21-6-8(17)10(18)9-5-14-11(22-9)15-12(19)20-13(2,3)4/h5,8,10,17-18H,6H2,1-4H3,(H,14,15,19). The number of aliphatic hydroxyl groups excluding tert-OH is 2. The van der Waals surface area contributed by atoms with Crippen LogP contribution in [0, 0.1) is 0 Å². The van der Waals surface area contributed by atoms with Crippen molar-refractivity contribution in [2.24, 2.45) is 0 Å². The van der Waals surface area contributed by atoms with Crippen LogP contribution in [0.15, 0.2) is 6.20 Å². The molecule has 7 nitrogen and oxygen atoms in total. The monoisotopic (exact) mass is 348 g/mol. The first kappa shape index (κ1) is 18.9. The number of carbonyl (C=O) groups excluding carboxylic acids is 2. The van der Waals surface area contributed by atoms with E-state index in [1.54, 1.807) is 20.8 Å². The van der Waals surface area contributed by atoms with Crippen molar-refractivity contribution >= 4 is 39.4 Å². The molecule has 0 saturated carbocycles. The van der Waals surface area contributed by atoms with E-state index in [0.29, 0.717) is 4.88 Å². The van der Waals surface area contributed by atoms with Crippen molar-refractivity contribution in [3.05, 3.63) is 11.1 Å². The summed E-state index contributed by atoms with van der Waals surface area (Å²) >= 11 is 1.96. The summed E-state index contributed by atoms with van der Waals surface area (Å²) in [4.78, 5) is 26.8. The average Bonchev–Trinajstić information content (AvgIpc) is 2.80. The molecular formula is C13H20N2O5S2. The lowest BCUT2D eigenvalue weighted by atomic mass is 10.2. The van der Waals surface area contributed by atoms with Crippen molar-refractivity contribution in [1.29, 1.82) is 0 Å². The first-order chi connectivity index (χ1) is 10.1. The van der Waals surface area contributed by atoms with Gasteiger partial charge < -0.3 is 14.9 Å². The van der Waals surface area contributed by atoms with E-state index in [0.717, 1.165) is 23.1 Å². The van der Waals surface area contributed by atoms with Gasteiger partial charge in [0.25, 0.3) is 0 Å². The van der Waals surface area contributed by atoms with Gasteiger partial charge in [0, 0.05) is 18.9 Å². The van der Waals surface area contributed by atoms with Crippen molar-refractivity contribution in [3.8, 4) is 0 Å². The fourth-order valence-electron chi connectivity index (χ4n) is 1.36. The Labute approximate surface area is 137 Å². The van der Waals surface area contributed by atoms with Gasteiger partial charge in [-0.3, -0.25) is 10.1 Å². The predicted molar refractivity (Wildman–Crippen MR) is 86.1 cm³/mol. The number of amides is 1. The summed E-state index contributed by atoms with van der Waals surface area (Å²) in [5.41, 5.74) is -0.621. The number of nitrogens with zero attached hydrogens (tertiary/aromatic N) is 1. The first-order valence-electron chi connectivity index (χ1n) is 6.53. The van der Waals surface area contributed by atoms with E-state index in [-0.39, 0.29) is 16.0 Å². The fraction of sp³-hybridized carbons (Fsp3) is 0.615. The molecule has 2 unspecified atom stereocenters. The van der Waals surface area contributed by atoms with E-state index in [9.17, 15) is 19.8 Å². The van der Waals surface area contributed by atoms with Crippen LogP contribution >= 0.6 is 23.1 Å². The Balaban J connectivity index is 2.59. The third-order valence-corrected chi connectivity index (χ3v) is 4.14. The van der Waals surface area contributed by atoms with Gasteiger partial charge in [-0.05, 0) is 20.8 Å². The molecule has 2 atom stereocenters. The molecule has 9 heteroatoms. The number of ether oxygens (including phenoxy) is 1. The van der Waals surface area contributed by atoms with Crippen molar-refractivity contribution in [1.82, 2.24) is 4.98 Å². The zero-order chi connectivity index (χ0) is 16.9. The molecule has 22 heavy (non-hydrogen) atoms. The highest BCUT2D eigenvalue weighted by Crippen LogP contribution is 2.28. The van der Waals surface area contributed by atoms with E-state index in [1.807, 2.05) is 0 Å². The fourth-order valence-corrected chi connectivity index (χ4v) is 2.79. The molecule has 0 fully saturated rings. The van der Waals surface area contributed by atoms with Crippen LogP contribution in [-0.2, 0) is 9.53 Å². The van der Waals surface area contributed by atoms with Crippen LogP contribution < -0.4 is 5.32 Å². The molecule has 0 aliphatic rings. The molecule has 3 N–H and O–H groups in total. The maximum absolute atomic E-state index is 11.6. The number of anilines is 1. The van der Waals surface area contributed by atoms with Gasteiger partial charge in [0.05, 0.1) is 11.0 Å². The van der Waals surface area contributed by atoms with Gasteiger partial charge in [-0.2, -0.15) is 0 Å².